The van der Waals surface area contributed by atoms with Crippen LogP contribution in [0.5, 0.6) is 0 Å². The third-order valence-electron chi connectivity index (χ3n) is 5.54. The van der Waals surface area contributed by atoms with Crippen LogP contribution in [0.2, 0.25) is 0 Å². The van der Waals surface area contributed by atoms with E-state index in [1.807, 2.05) is 11.0 Å². The lowest BCUT2D eigenvalue weighted by atomic mass is 9.88. The van der Waals surface area contributed by atoms with Crippen molar-refractivity contribution in [1.82, 2.24) is 14.8 Å². The summed E-state index contributed by atoms with van der Waals surface area (Å²) in [6.07, 6.45) is 3.66. The molecule has 1 aliphatic carbocycles. The number of rotatable bonds is 1. The molecule has 1 aliphatic heterocycles. The first-order valence-corrected chi connectivity index (χ1v) is 8.78. The molecule has 2 heterocycles. The average Bonchev–Trinajstić information content (AvgIpc) is 2.88. The SMILES string of the molecule is CC1CCCc2c1n(C)c1ccc(C(=O)N3CCNCC3)cc21. The molecule has 2 aromatic rings. The van der Waals surface area contributed by atoms with Crippen molar-refractivity contribution in [3.05, 3.63) is 35.0 Å². The van der Waals surface area contributed by atoms with Crippen LogP contribution in [0.3, 0.4) is 0 Å². The van der Waals surface area contributed by atoms with E-state index < -0.39 is 0 Å². The first-order valence-electron chi connectivity index (χ1n) is 8.78. The number of aryl methyl sites for hydroxylation is 2. The summed E-state index contributed by atoms with van der Waals surface area (Å²) in [5.74, 6) is 0.790. The Morgan fingerprint density at radius 2 is 2.04 bits per heavy atom. The maximum absolute atomic E-state index is 12.8. The van der Waals surface area contributed by atoms with Gasteiger partial charge in [0.15, 0.2) is 0 Å². The number of carbonyl (C=O) groups is 1. The number of piperazine rings is 1. The van der Waals surface area contributed by atoms with Crippen LogP contribution in [-0.2, 0) is 13.5 Å². The molecule has 0 saturated carbocycles. The predicted molar refractivity (Wildman–Crippen MR) is 93.0 cm³/mol. The average molecular weight is 311 g/mol. The second-order valence-corrected chi connectivity index (χ2v) is 6.99. The quantitative estimate of drug-likeness (QED) is 0.879. The number of benzene rings is 1. The van der Waals surface area contributed by atoms with Crippen molar-refractivity contribution in [2.45, 2.75) is 32.1 Å². The summed E-state index contributed by atoms with van der Waals surface area (Å²) in [6.45, 7) is 5.73. The van der Waals surface area contributed by atoms with E-state index in [9.17, 15) is 4.79 Å². The molecule has 1 aromatic carbocycles. The Morgan fingerprint density at radius 1 is 1.26 bits per heavy atom. The van der Waals surface area contributed by atoms with E-state index >= 15 is 0 Å². The van der Waals surface area contributed by atoms with Crippen molar-refractivity contribution in [3.8, 4) is 0 Å². The fourth-order valence-corrected chi connectivity index (χ4v) is 4.34. The largest absolute Gasteiger partial charge is 0.347 e. The van der Waals surface area contributed by atoms with Crippen LogP contribution >= 0.6 is 0 Å². The number of hydrogen-bond acceptors (Lipinski definition) is 2. The molecule has 2 aliphatic rings. The number of nitrogens with zero attached hydrogens (tertiary/aromatic N) is 2. The van der Waals surface area contributed by atoms with Gasteiger partial charge in [0.2, 0.25) is 0 Å². The summed E-state index contributed by atoms with van der Waals surface area (Å²) >= 11 is 0. The molecular weight excluding hydrogens is 286 g/mol. The van der Waals surface area contributed by atoms with E-state index in [0.29, 0.717) is 5.92 Å². The van der Waals surface area contributed by atoms with Crippen molar-refractivity contribution in [2.24, 2.45) is 7.05 Å². The fraction of sp³-hybridized carbons (Fsp3) is 0.526. The van der Waals surface area contributed by atoms with Crippen LogP contribution in [-0.4, -0.2) is 41.6 Å². The lowest BCUT2D eigenvalue weighted by molar-refractivity contribution is 0.0736. The minimum absolute atomic E-state index is 0.176. The molecule has 0 bridgehead atoms. The molecule has 1 atom stereocenters. The van der Waals surface area contributed by atoms with Gasteiger partial charge in [-0.25, -0.2) is 0 Å². The Hall–Kier alpha value is -1.81. The second kappa shape index (κ2) is 5.68. The van der Waals surface area contributed by atoms with Gasteiger partial charge in [0, 0.05) is 55.4 Å². The van der Waals surface area contributed by atoms with Gasteiger partial charge in [-0.05, 0) is 48.9 Å². The molecule has 1 N–H and O–H groups in total. The molecule has 1 saturated heterocycles. The van der Waals surface area contributed by atoms with Crippen LogP contribution < -0.4 is 5.32 Å². The van der Waals surface area contributed by atoms with Crippen molar-refractivity contribution < 1.29 is 4.79 Å². The highest BCUT2D eigenvalue weighted by Gasteiger charge is 2.25. The van der Waals surface area contributed by atoms with E-state index in [4.69, 9.17) is 0 Å². The minimum Gasteiger partial charge on any atom is -0.347 e. The molecular formula is C19H25N3O. The topological polar surface area (TPSA) is 37.3 Å². The highest BCUT2D eigenvalue weighted by atomic mass is 16.2. The molecule has 1 fully saturated rings. The molecule has 4 heteroatoms. The third kappa shape index (κ3) is 2.36. The number of nitrogens with one attached hydrogen (secondary N) is 1. The lowest BCUT2D eigenvalue weighted by Gasteiger charge is -2.27. The van der Waals surface area contributed by atoms with E-state index in [1.165, 1.54) is 35.0 Å². The number of aromatic nitrogens is 1. The molecule has 1 amide bonds. The van der Waals surface area contributed by atoms with Gasteiger partial charge in [0.05, 0.1) is 0 Å². The van der Waals surface area contributed by atoms with Crippen molar-refractivity contribution >= 4 is 16.8 Å². The van der Waals surface area contributed by atoms with Gasteiger partial charge in [0.25, 0.3) is 5.91 Å². The van der Waals surface area contributed by atoms with Crippen LogP contribution in [0.4, 0.5) is 0 Å². The monoisotopic (exact) mass is 311 g/mol. The lowest BCUT2D eigenvalue weighted by Crippen LogP contribution is -2.46. The Kier molecular flexibility index (Phi) is 3.64. The maximum Gasteiger partial charge on any atom is 0.253 e. The molecule has 4 rings (SSSR count). The summed E-state index contributed by atoms with van der Waals surface area (Å²) in [5.41, 5.74) is 5.04. The van der Waals surface area contributed by atoms with Gasteiger partial charge in [-0.15, -0.1) is 0 Å². The van der Waals surface area contributed by atoms with Gasteiger partial charge in [-0.2, -0.15) is 0 Å². The van der Waals surface area contributed by atoms with Gasteiger partial charge in [-0.1, -0.05) is 6.92 Å². The van der Waals surface area contributed by atoms with Crippen molar-refractivity contribution in [1.29, 1.82) is 0 Å². The number of hydrogen-bond donors (Lipinski definition) is 1. The summed E-state index contributed by atoms with van der Waals surface area (Å²) in [7, 11) is 2.17. The molecule has 4 nitrogen and oxygen atoms in total. The highest BCUT2D eigenvalue weighted by Crippen LogP contribution is 2.38. The highest BCUT2D eigenvalue weighted by molar-refractivity contribution is 5.99. The maximum atomic E-state index is 12.8. The summed E-state index contributed by atoms with van der Waals surface area (Å²) in [5, 5.41) is 4.59. The zero-order valence-corrected chi connectivity index (χ0v) is 14.1. The number of carbonyl (C=O) groups excluding carboxylic acids is 1. The molecule has 122 valence electrons. The van der Waals surface area contributed by atoms with Gasteiger partial charge in [-0.3, -0.25) is 4.79 Å². The van der Waals surface area contributed by atoms with E-state index in [1.54, 1.807) is 0 Å². The Bertz CT molecular complexity index is 756. The normalized spacial score (nSPS) is 21.5. The van der Waals surface area contributed by atoms with Crippen LogP contribution in [0.1, 0.15) is 47.3 Å². The minimum atomic E-state index is 0.176. The predicted octanol–water partition coefficient (Wildman–Crippen LogP) is 2.66. The fourth-order valence-electron chi connectivity index (χ4n) is 4.34. The van der Waals surface area contributed by atoms with E-state index in [0.717, 1.165) is 38.2 Å². The summed E-state index contributed by atoms with van der Waals surface area (Å²) in [6, 6.07) is 6.27. The zero-order chi connectivity index (χ0) is 16.0. The van der Waals surface area contributed by atoms with Crippen LogP contribution in [0.25, 0.3) is 10.9 Å². The molecule has 0 spiro atoms. The molecule has 1 aromatic heterocycles. The first-order chi connectivity index (χ1) is 11.2. The second-order valence-electron chi connectivity index (χ2n) is 6.99. The third-order valence-corrected chi connectivity index (χ3v) is 5.54. The van der Waals surface area contributed by atoms with Crippen molar-refractivity contribution in [3.63, 3.8) is 0 Å². The van der Waals surface area contributed by atoms with E-state index in [-0.39, 0.29) is 5.91 Å². The Balaban J connectivity index is 1.77. The van der Waals surface area contributed by atoms with Crippen molar-refractivity contribution in [2.75, 3.05) is 26.2 Å². The summed E-state index contributed by atoms with van der Waals surface area (Å²) in [4.78, 5) is 14.7. The Labute approximate surface area is 137 Å². The van der Waals surface area contributed by atoms with Gasteiger partial charge in [0.1, 0.15) is 0 Å². The zero-order valence-electron chi connectivity index (χ0n) is 14.1. The van der Waals surface area contributed by atoms with Gasteiger partial charge < -0.3 is 14.8 Å². The Morgan fingerprint density at radius 3 is 2.83 bits per heavy atom. The number of fused-ring (bicyclic) bond motifs is 3. The smallest absolute Gasteiger partial charge is 0.253 e. The van der Waals surface area contributed by atoms with E-state index in [2.05, 4.69) is 36.0 Å². The molecule has 0 radical (unpaired) electrons. The van der Waals surface area contributed by atoms with Crippen LogP contribution in [0.15, 0.2) is 18.2 Å². The number of amides is 1. The standard InChI is InChI=1S/C19H25N3O/c1-13-4-3-5-15-16-12-14(6-7-17(16)21(2)18(13)15)19(23)22-10-8-20-9-11-22/h6-7,12-13,20H,3-5,8-11H2,1-2H3. The van der Waals surface area contributed by atoms with Crippen LogP contribution in [0, 0.1) is 0 Å². The van der Waals surface area contributed by atoms with Gasteiger partial charge >= 0.3 is 0 Å². The molecule has 1 unspecified atom stereocenters. The first kappa shape index (κ1) is 14.8. The molecule has 23 heavy (non-hydrogen) atoms. The summed E-state index contributed by atoms with van der Waals surface area (Å²) < 4.78 is 2.34.